The highest BCUT2D eigenvalue weighted by Crippen LogP contribution is 2.11. The molecule has 6 heteroatoms. The Labute approximate surface area is 74.9 Å². The summed E-state index contributed by atoms with van der Waals surface area (Å²) in [7, 11) is 0. The zero-order chi connectivity index (χ0) is 10.1. The Bertz CT molecular complexity index is 208. The number of para-hydroxylation sites is 1. The van der Waals surface area contributed by atoms with E-state index in [4.69, 9.17) is 10.0 Å². The molecule has 0 heterocycles. The topological polar surface area (TPSA) is 49.7 Å². The number of hydrogen-bond acceptors (Lipinski definition) is 3. The number of rotatable bonds is 2. The van der Waals surface area contributed by atoms with Gasteiger partial charge in [0.1, 0.15) is 5.75 Å². The molecule has 0 atom stereocenters. The smallest absolute Gasteiger partial charge is 0.435 e. The summed E-state index contributed by atoms with van der Waals surface area (Å²) in [5.74, 6) is 0.192. The van der Waals surface area contributed by atoms with Gasteiger partial charge in [-0.1, -0.05) is 18.2 Å². The Morgan fingerprint density at radius 2 is 1.62 bits per heavy atom. The van der Waals surface area contributed by atoms with Crippen LogP contribution in [0.4, 0.5) is 8.78 Å². The molecule has 0 unspecified atom stereocenters. The van der Waals surface area contributed by atoms with Crippen molar-refractivity contribution >= 4 is 7.69 Å². The quantitative estimate of drug-likeness (QED) is 0.676. The van der Waals surface area contributed by atoms with Crippen molar-refractivity contribution < 1.29 is 23.6 Å². The van der Waals surface area contributed by atoms with Gasteiger partial charge in [-0.05, 0) is 12.1 Å². The maximum Gasteiger partial charge on any atom is 0.482 e. The van der Waals surface area contributed by atoms with E-state index in [1.54, 1.807) is 18.2 Å². The van der Waals surface area contributed by atoms with Crippen molar-refractivity contribution in [2.24, 2.45) is 0 Å². The van der Waals surface area contributed by atoms with E-state index in [2.05, 4.69) is 4.74 Å². The Kier molecular flexibility index (Phi) is 6.85. The molecule has 2 N–H and O–H groups in total. The third-order valence-corrected chi connectivity index (χ3v) is 0.968. The van der Waals surface area contributed by atoms with Crippen molar-refractivity contribution in [3.8, 4) is 5.75 Å². The summed E-state index contributed by atoms with van der Waals surface area (Å²) in [4.78, 5) is 0. The van der Waals surface area contributed by atoms with Gasteiger partial charge in [0.05, 0.1) is 0 Å². The van der Waals surface area contributed by atoms with E-state index >= 15 is 0 Å². The average Bonchev–Trinajstić information content (AvgIpc) is 2.06. The second-order valence-electron chi connectivity index (χ2n) is 1.81. The maximum atomic E-state index is 11.5. The molecule has 3 nitrogen and oxygen atoms in total. The minimum atomic E-state index is -2.73. The summed E-state index contributed by atoms with van der Waals surface area (Å²) in [5, 5.41) is 14.0. The van der Waals surface area contributed by atoms with Crippen LogP contribution >= 0.6 is 0 Å². The van der Waals surface area contributed by atoms with Crippen LogP contribution in [-0.4, -0.2) is 24.3 Å². The molecule has 0 aliphatic heterocycles. The van der Waals surface area contributed by atoms with E-state index in [9.17, 15) is 8.78 Å². The number of ether oxygens (including phenoxy) is 1. The van der Waals surface area contributed by atoms with Gasteiger partial charge < -0.3 is 14.8 Å². The molecule has 0 saturated heterocycles. The fraction of sp³-hybridized carbons (Fsp3) is 0.143. The number of benzene rings is 1. The largest absolute Gasteiger partial charge is 0.482 e. The normalized spacial score (nSPS) is 8.69. The summed E-state index contributed by atoms with van der Waals surface area (Å²) in [5.41, 5.74) is 0. The molecule has 0 aliphatic rings. The van der Waals surface area contributed by atoms with Crippen LogP contribution in [0.1, 0.15) is 0 Å². The predicted octanol–water partition coefficient (Wildman–Crippen LogP) is 0.793. The molecule has 1 aromatic carbocycles. The molecule has 71 valence electrons. The first kappa shape index (κ1) is 11.9. The molecule has 0 saturated carbocycles. The van der Waals surface area contributed by atoms with Gasteiger partial charge >= 0.3 is 14.3 Å². The second kappa shape index (κ2) is 7.51. The Hall–Kier alpha value is -1.14. The van der Waals surface area contributed by atoms with Crippen LogP contribution in [0.2, 0.25) is 0 Å². The van der Waals surface area contributed by atoms with Crippen LogP contribution in [0.15, 0.2) is 30.3 Å². The van der Waals surface area contributed by atoms with Gasteiger partial charge in [0.25, 0.3) is 0 Å². The number of halogens is 2. The first-order valence-electron chi connectivity index (χ1n) is 3.30. The van der Waals surface area contributed by atoms with E-state index in [1.807, 2.05) is 0 Å². The summed E-state index contributed by atoms with van der Waals surface area (Å²) in [6.45, 7) is -2.73. The lowest BCUT2D eigenvalue weighted by molar-refractivity contribution is -0.0498. The molecule has 0 amide bonds. The van der Waals surface area contributed by atoms with Crippen molar-refractivity contribution in [1.29, 1.82) is 0 Å². The first-order valence-corrected chi connectivity index (χ1v) is 3.30. The van der Waals surface area contributed by atoms with Gasteiger partial charge in [0, 0.05) is 0 Å². The fourth-order valence-corrected chi connectivity index (χ4v) is 0.602. The van der Waals surface area contributed by atoms with Crippen LogP contribution in [0.3, 0.4) is 0 Å². The van der Waals surface area contributed by atoms with E-state index in [-0.39, 0.29) is 13.4 Å². The number of alkyl halides is 2. The lowest BCUT2D eigenvalue weighted by Crippen LogP contribution is -2.00. The van der Waals surface area contributed by atoms with Gasteiger partial charge in [-0.25, -0.2) is 0 Å². The third-order valence-electron chi connectivity index (χ3n) is 0.968. The van der Waals surface area contributed by atoms with Gasteiger partial charge in [-0.2, -0.15) is 8.78 Å². The minimum Gasteiger partial charge on any atom is -0.435 e. The lowest BCUT2D eigenvalue weighted by atomic mass is 10.3. The second-order valence-corrected chi connectivity index (χ2v) is 1.81. The van der Waals surface area contributed by atoms with E-state index in [0.717, 1.165) is 0 Å². The molecule has 1 radical (unpaired) electrons. The average molecular weight is 189 g/mol. The summed E-state index contributed by atoms with van der Waals surface area (Å²) in [6, 6.07) is 7.96. The van der Waals surface area contributed by atoms with Crippen LogP contribution < -0.4 is 4.74 Å². The monoisotopic (exact) mass is 189 g/mol. The highest BCUT2D eigenvalue weighted by molar-refractivity contribution is 6.13. The maximum absolute atomic E-state index is 11.5. The zero-order valence-electron chi connectivity index (χ0n) is 6.60. The first-order chi connectivity index (χ1) is 6.20. The number of hydrogen-bond donors (Lipinski definition) is 2. The molecule has 0 bridgehead atoms. The third kappa shape index (κ3) is 7.23. The summed E-state index contributed by atoms with van der Waals surface area (Å²) >= 11 is 0. The Morgan fingerprint density at radius 3 is 2.00 bits per heavy atom. The molecular formula is C7H8BF2O3. The molecule has 0 aliphatic carbocycles. The van der Waals surface area contributed by atoms with Crippen LogP contribution in [0, 0.1) is 0 Å². The molecule has 1 aromatic rings. The van der Waals surface area contributed by atoms with Crippen molar-refractivity contribution in [1.82, 2.24) is 0 Å². The Morgan fingerprint density at radius 1 is 1.15 bits per heavy atom. The van der Waals surface area contributed by atoms with E-state index in [0.29, 0.717) is 0 Å². The van der Waals surface area contributed by atoms with Crippen molar-refractivity contribution in [3.63, 3.8) is 0 Å². The standard InChI is InChI=1S/C7H6F2O.BH2O2/c8-7(9)10-6-4-2-1-3-5-6;2-1-3/h1-5,7H;2-3H. The van der Waals surface area contributed by atoms with Gasteiger partial charge in [0.15, 0.2) is 0 Å². The fourth-order valence-electron chi connectivity index (χ4n) is 0.602. The van der Waals surface area contributed by atoms with Gasteiger partial charge in [-0.15, -0.1) is 0 Å². The molecule has 13 heavy (non-hydrogen) atoms. The molecular weight excluding hydrogens is 181 g/mol. The lowest BCUT2D eigenvalue weighted by Gasteiger charge is -2.01. The molecule has 1 rings (SSSR count). The van der Waals surface area contributed by atoms with E-state index in [1.165, 1.54) is 12.1 Å². The van der Waals surface area contributed by atoms with Gasteiger partial charge in [-0.3, -0.25) is 0 Å². The molecule has 0 fully saturated rings. The highest BCUT2D eigenvalue weighted by Gasteiger charge is 2.01. The highest BCUT2D eigenvalue weighted by atomic mass is 19.3. The minimum absolute atomic E-state index is 0. The molecule has 0 aromatic heterocycles. The van der Waals surface area contributed by atoms with Crippen LogP contribution in [0.25, 0.3) is 0 Å². The zero-order valence-corrected chi connectivity index (χ0v) is 6.60. The van der Waals surface area contributed by atoms with Crippen molar-refractivity contribution in [2.75, 3.05) is 0 Å². The van der Waals surface area contributed by atoms with Crippen molar-refractivity contribution in [2.45, 2.75) is 6.61 Å². The van der Waals surface area contributed by atoms with Crippen LogP contribution in [0.5, 0.6) is 5.75 Å². The molecule has 0 spiro atoms. The van der Waals surface area contributed by atoms with Crippen LogP contribution in [-0.2, 0) is 0 Å². The summed E-state index contributed by atoms with van der Waals surface area (Å²) < 4.78 is 27.1. The van der Waals surface area contributed by atoms with E-state index < -0.39 is 6.61 Å². The van der Waals surface area contributed by atoms with Crippen molar-refractivity contribution in [3.05, 3.63) is 30.3 Å². The SMILES string of the molecule is FC(F)Oc1ccccc1.O[B]O. The Balaban J connectivity index is 0.000000424. The predicted molar refractivity (Wildman–Crippen MR) is 43.3 cm³/mol. The summed E-state index contributed by atoms with van der Waals surface area (Å²) in [6.07, 6.45) is 0. The van der Waals surface area contributed by atoms with Gasteiger partial charge in [0.2, 0.25) is 0 Å².